The number of nitrogens with one attached hydrogen (secondary N) is 1. The number of carbonyl (C=O) groups is 1. The van der Waals surface area contributed by atoms with E-state index in [1.165, 1.54) is 0 Å². The molecule has 0 aliphatic carbocycles. The van der Waals surface area contributed by atoms with Gasteiger partial charge in [0.15, 0.2) is 0 Å². The van der Waals surface area contributed by atoms with Crippen molar-refractivity contribution in [2.75, 3.05) is 5.75 Å². The first kappa shape index (κ1) is 7.94. The van der Waals surface area contributed by atoms with Crippen molar-refractivity contribution < 1.29 is 4.79 Å². The van der Waals surface area contributed by atoms with Gasteiger partial charge in [-0.3, -0.25) is 4.79 Å². The molecule has 0 atom stereocenters. The molecule has 4 heteroatoms. The molecule has 3 rings (SSSR count). The van der Waals surface area contributed by atoms with E-state index in [2.05, 4.69) is 11.1 Å². The normalized spacial score (nSPS) is 18.1. The van der Waals surface area contributed by atoms with Crippen molar-refractivity contribution in [3.8, 4) is 0 Å². The molecule has 0 aromatic carbocycles. The van der Waals surface area contributed by atoms with Crippen LogP contribution in [0.1, 0.15) is 11.4 Å². The van der Waals surface area contributed by atoms with E-state index >= 15 is 0 Å². The van der Waals surface area contributed by atoms with Crippen LogP contribution in [0.2, 0.25) is 0 Å². The van der Waals surface area contributed by atoms with Crippen molar-refractivity contribution in [2.24, 2.45) is 5.73 Å². The summed E-state index contributed by atoms with van der Waals surface area (Å²) >= 11 is 1.67. The minimum absolute atomic E-state index is 0.311. The van der Waals surface area contributed by atoms with Gasteiger partial charge in [-0.2, -0.15) is 0 Å². The topological polar surface area (TPSA) is 58.9 Å². The lowest BCUT2D eigenvalue weighted by atomic mass is 10.0. The predicted molar refractivity (Wildman–Crippen MR) is 57.3 cm³/mol. The van der Waals surface area contributed by atoms with Gasteiger partial charge in [-0.1, -0.05) is 0 Å². The van der Waals surface area contributed by atoms with Gasteiger partial charge in [0, 0.05) is 33.2 Å². The molecule has 2 aliphatic rings. The van der Waals surface area contributed by atoms with E-state index in [0.29, 0.717) is 5.75 Å². The Balaban J connectivity index is 2.27. The number of fused-ring (bicyclic) bond motifs is 4. The molecule has 1 aromatic heterocycles. The van der Waals surface area contributed by atoms with Crippen LogP contribution in [0.5, 0.6) is 0 Å². The highest BCUT2D eigenvalue weighted by molar-refractivity contribution is 8.04. The predicted octanol–water partition coefficient (Wildman–Crippen LogP) is 1.35. The third kappa shape index (κ3) is 0.915. The van der Waals surface area contributed by atoms with Crippen LogP contribution in [0.3, 0.4) is 0 Å². The van der Waals surface area contributed by atoms with Gasteiger partial charge in [0.1, 0.15) is 0 Å². The number of carbonyl (C=O) groups excluding carboxylic acids is 1. The molecular formula is C10H8N2OS. The van der Waals surface area contributed by atoms with Crippen LogP contribution in [0.25, 0.3) is 11.6 Å². The van der Waals surface area contributed by atoms with E-state index in [0.717, 1.165) is 27.4 Å². The highest BCUT2D eigenvalue weighted by atomic mass is 32.2. The summed E-state index contributed by atoms with van der Waals surface area (Å²) in [6.07, 6.45) is 2.06. The van der Waals surface area contributed by atoms with Crippen LogP contribution < -0.4 is 5.73 Å². The van der Waals surface area contributed by atoms with Crippen molar-refractivity contribution in [1.82, 2.24) is 4.98 Å². The molecule has 70 valence electrons. The first-order valence-corrected chi connectivity index (χ1v) is 5.31. The Bertz CT molecular complexity index is 496. The molecule has 0 radical (unpaired) electrons. The van der Waals surface area contributed by atoms with E-state index in [-0.39, 0.29) is 5.91 Å². The molecule has 3 heterocycles. The average molecular weight is 204 g/mol. The number of H-pyrrole nitrogens is 1. The second kappa shape index (κ2) is 2.54. The summed E-state index contributed by atoms with van der Waals surface area (Å²) in [6, 6.07) is 4.00. The number of amides is 1. The highest BCUT2D eigenvalue weighted by Crippen LogP contribution is 2.45. The Kier molecular flexibility index (Phi) is 1.44. The summed E-state index contributed by atoms with van der Waals surface area (Å²) in [7, 11) is 0. The molecule has 1 aromatic rings. The van der Waals surface area contributed by atoms with E-state index in [4.69, 9.17) is 5.73 Å². The van der Waals surface area contributed by atoms with Crippen molar-refractivity contribution in [2.45, 2.75) is 0 Å². The SMILES string of the molecule is NC(=O)C1=C2C(=Cc3ccc2[nH]3)SC1. The molecule has 1 amide bonds. The summed E-state index contributed by atoms with van der Waals surface area (Å²) in [4.78, 5) is 15.6. The van der Waals surface area contributed by atoms with Gasteiger partial charge in [0.2, 0.25) is 5.91 Å². The number of thioether (sulfide) groups is 1. The molecule has 14 heavy (non-hydrogen) atoms. The van der Waals surface area contributed by atoms with Crippen molar-refractivity contribution in [3.63, 3.8) is 0 Å². The minimum Gasteiger partial charge on any atom is -0.366 e. The first-order chi connectivity index (χ1) is 6.75. The summed E-state index contributed by atoms with van der Waals surface area (Å²) < 4.78 is 0. The Labute approximate surface area is 85.1 Å². The molecule has 0 unspecified atom stereocenters. The van der Waals surface area contributed by atoms with Crippen molar-refractivity contribution in [3.05, 3.63) is 34.0 Å². The smallest absolute Gasteiger partial charge is 0.246 e. The van der Waals surface area contributed by atoms with Crippen LogP contribution in [0.15, 0.2) is 22.6 Å². The van der Waals surface area contributed by atoms with Crippen LogP contribution in [0, 0.1) is 0 Å². The number of hydrogen-bond donors (Lipinski definition) is 2. The summed E-state index contributed by atoms with van der Waals surface area (Å²) in [5, 5.41) is 0. The fourth-order valence-corrected chi connectivity index (χ4v) is 3.00. The third-order valence-electron chi connectivity index (χ3n) is 2.48. The zero-order valence-electron chi connectivity index (χ0n) is 7.33. The van der Waals surface area contributed by atoms with Crippen LogP contribution in [-0.4, -0.2) is 16.6 Å². The molecule has 2 aliphatic heterocycles. The molecular weight excluding hydrogens is 196 g/mol. The lowest BCUT2D eigenvalue weighted by molar-refractivity contribution is -0.114. The Morgan fingerprint density at radius 3 is 3.14 bits per heavy atom. The van der Waals surface area contributed by atoms with Gasteiger partial charge in [0.05, 0.1) is 0 Å². The molecule has 2 bridgehead atoms. The number of primary amides is 1. The van der Waals surface area contributed by atoms with E-state index in [1.807, 2.05) is 12.1 Å². The van der Waals surface area contributed by atoms with E-state index in [9.17, 15) is 4.79 Å². The Hall–Kier alpha value is -1.42. The van der Waals surface area contributed by atoms with Crippen LogP contribution in [-0.2, 0) is 4.79 Å². The van der Waals surface area contributed by atoms with Gasteiger partial charge in [0.25, 0.3) is 0 Å². The average Bonchev–Trinajstić information content (AvgIpc) is 2.71. The van der Waals surface area contributed by atoms with Crippen LogP contribution >= 0.6 is 11.8 Å². The number of aromatic amines is 1. The highest BCUT2D eigenvalue weighted by Gasteiger charge is 2.28. The van der Waals surface area contributed by atoms with Gasteiger partial charge in [-0.15, -0.1) is 11.8 Å². The fraction of sp³-hybridized carbons (Fsp3) is 0.100. The second-order valence-electron chi connectivity index (χ2n) is 3.34. The van der Waals surface area contributed by atoms with E-state index in [1.54, 1.807) is 11.8 Å². The van der Waals surface area contributed by atoms with Crippen molar-refractivity contribution in [1.29, 1.82) is 0 Å². The zero-order chi connectivity index (χ0) is 9.71. The summed E-state index contributed by atoms with van der Waals surface area (Å²) in [5.41, 5.74) is 9.16. The molecule has 0 saturated carbocycles. The Morgan fingerprint density at radius 1 is 1.50 bits per heavy atom. The Morgan fingerprint density at radius 2 is 2.36 bits per heavy atom. The number of aromatic nitrogens is 1. The molecule has 0 fully saturated rings. The fourth-order valence-electron chi connectivity index (χ4n) is 1.83. The maximum absolute atomic E-state index is 11.2. The van der Waals surface area contributed by atoms with Crippen molar-refractivity contribution >= 4 is 29.3 Å². The third-order valence-corrected chi connectivity index (χ3v) is 3.55. The monoisotopic (exact) mass is 204 g/mol. The number of hydrogen-bond acceptors (Lipinski definition) is 2. The second-order valence-corrected chi connectivity index (χ2v) is 4.36. The quantitative estimate of drug-likeness (QED) is 0.725. The van der Waals surface area contributed by atoms with E-state index < -0.39 is 0 Å². The summed E-state index contributed by atoms with van der Waals surface area (Å²) in [5.74, 6) is 0.386. The molecule has 3 nitrogen and oxygen atoms in total. The molecule has 0 saturated heterocycles. The van der Waals surface area contributed by atoms with Gasteiger partial charge < -0.3 is 10.7 Å². The minimum atomic E-state index is -0.311. The largest absolute Gasteiger partial charge is 0.366 e. The maximum atomic E-state index is 11.2. The van der Waals surface area contributed by atoms with Gasteiger partial charge in [-0.05, 0) is 18.2 Å². The lowest BCUT2D eigenvalue weighted by Crippen LogP contribution is -2.15. The van der Waals surface area contributed by atoms with Gasteiger partial charge >= 0.3 is 0 Å². The number of rotatable bonds is 1. The molecule has 3 N–H and O–H groups in total. The number of allylic oxidation sites excluding steroid dienone is 1. The maximum Gasteiger partial charge on any atom is 0.246 e. The summed E-state index contributed by atoms with van der Waals surface area (Å²) in [6.45, 7) is 0. The molecule has 0 spiro atoms. The zero-order valence-corrected chi connectivity index (χ0v) is 8.15. The lowest BCUT2D eigenvalue weighted by Gasteiger charge is -2.07. The van der Waals surface area contributed by atoms with Gasteiger partial charge in [-0.25, -0.2) is 0 Å². The van der Waals surface area contributed by atoms with Crippen LogP contribution in [0.4, 0.5) is 0 Å². The first-order valence-electron chi connectivity index (χ1n) is 4.33. The standard InChI is InChI=1S/C10H8N2OS/c11-10(13)6-4-14-8-3-5-1-2-7(12-5)9(6)8/h1-3,12H,4H2,(H2,11,13). The number of nitrogens with two attached hydrogens (primary N) is 1.